The summed E-state index contributed by atoms with van der Waals surface area (Å²) in [4.78, 5) is 35.4. The van der Waals surface area contributed by atoms with Crippen molar-refractivity contribution < 1.29 is 14.4 Å². The van der Waals surface area contributed by atoms with Crippen LogP contribution in [0.5, 0.6) is 0 Å². The molecule has 1 atom stereocenters. The van der Waals surface area contributed by atoms with Crippen molar-refractivity contribution >= 4 is 17.7 Å². The van der Waals surface area contributed by atoms with Gasteiger partial charge in [-0.3, -0.25) is 25.2 Å². The molecular weight excluding hydrogens is 306 g/mol. The molecule has 0 radical (unpaired) electrons. The SMILES string of the molecule is CC(=O)N[C@@H](C(=O)NNC(=O)c1ccc(C(C)(C)C)cc1)C(C)C. The number of hydrazine groups is 1. The number of amides is 3. The van der Waals surface area contributed by atoms with Crippen LogP contribution in [0.4, 0.5) is 0 Å². The molecule has 132 valence electrons. The Hall–Kier alpha value is -2.37. The molecule has 0 heterocycles. The van der Waals surface area contributed by atoms with Gasteiger partial charge in [0.05, 0.1) is 0 Å². The van der Waals surface area contributed by atoms with E-state index in [0.717, 1.165) is 5.56 Å². The first-order valence-electron chi connectivity index (χ1n) is 8.00. The fraction of sp³-hybridized carbons (Fsp3) is 0.500. The number of hydrogen-bond donors (Lipinski definition) is 3. The summed E-state index contributed by atoms with van der Waals surface area (Å²) in [5.41, 5.74) is 6.31. The van der Waals surface area contributed by atoms with Crippen molar-refractivity contribution in [2.24, 2.45) is 5.92 Å². The minimum atomic E-state index is -0.703. The molecule has 6 heteroatoms. The van der Waals surface area contributed by atoms with Crippen LogP contribution in [0, 0.1) is 5.92 Å². The van der Waals surface area contributed by atoms with Crippen LogP contribution in [0.3, 0.4) is 0 Å². The molecular formula is C18H27N3O3. The highest BCUT2D eigenvalue weighted by atomic mass is 16.2. The van der Waals surface area contributed by atoms with E-state index >= 15 is 0 Å². The zero-order chi connectivity index (χ0) is 18.5. The third-order valence-electron chi connectivity index (χ3n) is 3.62. The van der Waals surface area contributed by atoms with Crippen LogP contribution >= 0.6 is 0 Å². The first kappa shape index (κ1) is 19.7. The number of benzene rings is 1. The molecule has 0 saturated heterocycles. The minimum absolute atomic E-state index is 0.00602. The first-order valence-corrected chi connectivity index (χ1v) is 8.00. The molecule has 0 bridgehead atoms. The highest BCUT2D eigenvalue weighted by molar-refractivity contribution is 5.96. The molecule has 3 amide bonds. The molecule has 1 rings (SSSR count). The Morgan fingerprint density at radius 1 is 0.958 bits per heavy atom. The lowest BCUT2D eigenvalue weighted by molar-refractivity contribution is -0.129. The van der Waals surface area contributed by atoms with Crippen molar-refractivity contribution in [1.82, 2.24) is 16.2 Å². The van der Waals surface area contributed by atoms with Crippen molar-refractivity contribution in [1.29, 1.82) is 0 Å². The van der Waals surface area contributed by atoms with Gasteiger partial charge in [0.2, 0.25) is 5.91 Å². The van der Waals surface area contributed by atoms with E-state index in [-0.39, 0.29) is 17.2 Å². The zero-order valence-corrected chi connectivity index (χ0v) is 15.2. The van der Waals surface area contributed by atoms with E-state index in [2.05, 4.69) is 36.9 Å². The Labute approximate surface area is 143 Å². The van der Waals surface area contributed by atoms with Gasteiger partial charge in [-0.25, -0.2) is 0 Å². The summed E-state index contributed by atoms with van der Waals surface area (Å²) >= 11 is 0. The molecule has 0 unspecified atom stereocenters. The second-order valence-corrected chi connectivity index (χ2v) is 7.19. The fourth-order valence-electron chi connectivity index (χ4n) is 2.14. The Bertz CT molecular complexity index is 601. The summed E-state index contributed by atoms with van der Waals surface area (Å²) < 4.78 is 0. The van der Waals surface area contributed by atoms with Crippen LogP contribution < -0.4 is 16.2 Å². The smallest absolute Gasteiger partial charge is 0.269 e. The largest absolute Gasteiger partial charge is 0.344 e. The summed E-state index contributed by atoms with van der Waals surface area (Å²) in [7, 11) is 0. The maximum atomic E-state index is 12.1. The lowest BCUT2D eigenvalue weighted by Crippen LogP contribution is -2.54. The van der Waals surface area contributed by atoms with Gasteiger partial charge in [-0.1, -0.05) is 46.8 Å². The van der Waals surface area contributed by atoms with Gasteiger partial charge in [0.25, 0.3) is 11.8 Å². The number of hydrogen-bond acceptors (Lipinski definition) is 3. The molecule has 1 aromatic rings. The van der Waals surface area contributed by atoms with Crippen molar-refractivity contribution in [2.75, 3.05) is 0 Å². The Kier molecular flexibility index (Phi) is 6.51. The molecule has 0 aliphatic heterocycles. The third kappa shape index (κ3) is 5.68. The van der Waals surface area contributed by atoms with Crippen molar-refractivity contribution in [3.8, 4) is 0 Å². The quantitative estimate of drug-likeness (QED) is 0.736. The molecule has 6 nitrogen and oxygen atoms in total. The van der Waals surface area contributed by atoms with Gasteiger partial charge in [-0.15, -0.1) is 0 Å². The lowest BCUT2D eigenvalue weighted by atomic mass is 9.87. The zero-order valence-electron chi connectivity index (χ0n) is 15.2. The van der Waals surface area contributed by atoms with Crippen LogP contribution in [-0.4, -0.2) is 23.8 Å². The molecule has 3 N–H and O–H groups in total. The van der Waals surface area contributed by atoms with Crippen LogP contribution in [0.15, 0.2) is 24.3 Å². The third-order valence-corrected chi connectivity index (χ3v) is 3.62. The van der Waals surface area contributed by atoms with Crippen molar-refractivity contribution in [3.05, 3.63) is 35.4 Å². The highest BCUT2D eigenvalue weighted by Crippen LogP contribution is 2.22. The molecule has 0 spiro atoms. The van der Waals surface area contributed by atoms with E-state index in [1.807, 2.05) is 26.0 Å². The fourth-order valence-corrected chi connectivity index (χ4v) is 2.14. The van der Waals surface area contributed by atoms with E-state index in [1.165, 1.54) is 6.92 Å². The van der Waals surface area contributed by atoms with E-state index in [0.29, 0.717) is 5.56 Å². The normalized spacial score (nSPS) is 12.5. The molecule has 0 saturated carbocycles. The maximum absolute atomic E-state index is 12.1. The maximum Gasteiger partial charge on any atom is 0.269 e. The van der Waals surface area contributed by atoms with Gasteiger partial charge < -0.3 is 5.32 Å². The van der Waals surface area contributed by atoms with E-state index in [1.54, 1.807) is 12.1 Å². The predicted molar refractivity (Wildman–Crippen MR) is 93.2 cm³/mol. The number of rotatable bonds is 4. The summed E-state index contributed by atoms with van der Waals surface area (Å²) in [6.45, 7) is 11.3. The van der Waals surface area contributed by atoms with Gasteiger partial charge in [-0.2, -0.15) is 0 Å². The number of carbonyl (C=O) groups excluding carboxylic acids is 3. The Balaban J connectivity index is 2.68. The van der Waals surface area contributed by atoms with E-state index in [9.17, 15) is 14.4 Å². The van der Waals surface area contributed by atoms with Crippen molar-refractivity contribution in [3.63, 3.8) is 0 Å². The van der Waals surface area contributed by atoms with Crippen LogP contribution in [-0.2, 0) is 15.0 Å². The molecule has 0 aromatic heterocycles. The predicted octanol–water partition coefficient (Wildman–Crippen LogP) is 1.91. The minimum Gasteiger partial charge on any atom is -0.344 e. The van der Waals surface area contributed by atoms with Crippen molar-refractivity contribution in [2.45, 2.75) is 53.0 Å². The number of nitrogens with one attached hydrogen (secondary N) is 3. The topological polar surface area (TPSA) is 87.3 Å². The van der Waals surface area contributed by atoms with Gasteiger partial charge in [-0.05, 0) is 29.0 Å². The lowest BCUT2D eigenvalue weighted by Gasteiger charge is -2.21. The average Bonchev–Trinajstić information content (AvgIpc) is 2.48. The first-order chi connectivity index (χ1) is 11.0. The highest BCUT2D eigenvalue weighted by Gasteiger charge is 2.23. The molecule has 0 aliphatic carbocycles. The monoisotopic (exact) mass is 333 g/mol. The molecule has 0 fully saturated rings. The molecule has 0 aliphatic rings. The second-order valence-electron chi connectivity index (χ2n) is 7.19. The van der Waals surface area contributed by atoms with Crippen LogP contribution in [0.1, 0.15) is 57.5 Å². The standard InChI is InChI=1S/C18H27N3O3/c1-11(2)15(19-12(3)22)17(24)21-20-16(23)13-7-9-14(10-8-13)18(4,5)6/h7-11,15H,1-6H3,(H,19,22)(H,20,23)(H,21,24)/t15-/m1/s1. The summed E-state index contributed by atoms with van der Waals surface area (Å²) in [5, 5.41) is 2.56. The second kappa shape index (κ2) is 7.95. The summed E-state index contributed by atoms with van der Waals surface area (Å²) in [6.07, 6.45) is 0. The summed E-state index contributed by atoms with van der Waals surface area (Å²) in [6, 6.07) is 6.52. The van der Waals surface area contributed by atoms with Gasteiger partial charge in [0, 0.05) is 12.5 Å². The van der Waals surface area contributed by atoms with E-state index < -0.39 is 17.9 Å². The van der Waals surface area contributed by atoms with Crippen LogP contribution in [0.25, 0.3) is 0 Å². The molecule has 1 aromatic carbocycles. The van der Waals surface area contributed by atoms with Crippen LogP contribution in [0.2, 0.25) is 0 Å². The molecule has 24 heavy (non-hydrogen) atoms. The Morgan fingerprint density at radius 2 is 1.50 bits per heavy atom. The average molecular weight is 333 g/mol. The van der Waals surface area contributed by atoms with Gasteiger partial charge in [0.15, 0.2) is 0 Å². The van der Waals surface area contributed by atoms with Gasteiger partial charge in [0.1, 0.15) is 6.04 Å². The summed E-state index contributed by atoms with van der Waals surface area (Å²) in [5.74, 6) is -1.26. The van der Waals surface area contributed by atoms with Gasteiger partial charge >= 0.3 is 0 Å². The number of carbonyl (C=O) groups is 3. The van der Waals surface area contributed by atoms with E-state index in [4.69, 9.17) is 0 Å². The Morgan fingerprint density at radius 3 is 1.92 bits per heavy atom.